The number of aliphatic hydroxyl groups excluding tert-OH is 1. The predicted octanol–water partition coefficient (Wildman–Crippen LogP) is 2.20. The van der Waals surface area contributed by atoms with Crippen molar-refractivity contribution in [3.8, 4) is 0 Å². The number of carbonyl (C=O) groups excluding carboxylic acids is 1. The normalized spacial score (nSPS) is 20.2. The highest BCUT2D eigenvalue weighted by molar-refractivity contribution is 6.35. The minimum absolute atomic E-state index is 0.177. The molecule has 1 fully saturated rings. The summed E-state index contributed by atoms with van der Waals surface area (Å²) in [5, 5.41) is 10.2. The van der Waals surface area contributed by atoms with Crippen LogP contribution in [-0.4, -0.2) is 35.1 Å². The van der Waals surface area contributed by atoms with E-state index >= 15 is 0 Å². The van der Waals surface area contributed by atoms with Gasteiger partial charge in [0, 0.05) is 18.1 Å². The van der Waals surface area contributed by atoms with Gasteiger partial charge in [0.2, 0.25) is 0 Å². The van der Waals surface area contributed by atoms with Crippen LogP contribution < -0.4 is 0 Å². The predicted molar refractivity (Wildman–Crippen MR) is 63.0 cm³/mol. The van der Waals surface area contributed by atoms with Gasteiger partial charge in [-0.25, -0.2) is 0 Å². The minimum Gasteiger partial charge on any atom is -0.391 e. The second-order valence-electron chi connectivity index (χ2n) is 3.82. The molecule has 5 heteroatoms. The summed E-state index contributed by atoms with van der Waals surface area (Å²) in [6.45, 7) is 0.921. The number of nitrogens with zero attached hydrogens (tertiary/aromatic N) is 1. The average Bonchev–Trinajstić information content (AvgIpc) is 2.67. The first kappa shape index (κ1) is 11.7. The molecule has 0 spiro atoms. The highest BCUT2D eigenvalue weighted by atomic mass is 35.5. The van der Waals surface area contributed by atoms with E-state index in [1.165, 1.54) is 0 Å². The van der Waals surface area contributed by atoms with Gasteiger partial charge >= 0.3 is 0 Å². The molecule has 1 aliphatic heterocycles. The molecule has 0 aromatic heterocycles. The number of halogens is 2. The van der Waals surface area contributed by atoms with Crippen molar-refractivity contribution >= 4 is 29.1 Å². The molecule has 0 radical (unpaired) electrons. The first-order valence-electron chi connectivity index (χ1n) is 5.00. The molecular formula is C11H11Cl2NO2. The number of aliphatic hydroxyl groups is 1. The second-order valence-corrected chi connectivity index (χ2v) is 4.66. The van der Waals surface area contributed by atoms with Crippen molar-refractivity contribution in [1.29, 1.82) is 0 Å². The van der Waals surface area contributed by atoms with Crippen LogP contribution in [0.3, 0.4) is 0 Å². The molecule has 1 aromatic carbocycles. The van der Waals surface area contributed by atoms with E-state index < -0.39 is 6.10 Å². The van der Waals surface area contributed by atoms with Crippen molar-refractivity contribution in [3.63, 3.8) is 0 Å². The summed E-state index contributed by atoms with van der Waals surface area (Å²) in [5.74, 6) is -0.177. The summed E-state index contributed by atoms with van der Waals surface area (Å²) < 4.78 is 0. The third-order valence-corrected chi connectivity index (χ3v) is 3.17. The molecule has 2 rings (SSSR count). The van der Waals surface area contributed by atoms with E-state index in [4.69, 9.17) is 23.2 Å². The standard InChI is InChI=1S/C11H11Cl2NO2/c12-7-1-2-10(13)9(5-7)11(16)14-4-3-8(15)6-14/h1-2,5,8,15H,3-4,6H2/t8-/m0/s1. The molecular weight excluding hydrogens is 249 g/mol. The largest absolute Gasteiger partial charge is 0.391 e. The summed E-state index contributed by atoms with van der Waals surface area (Å²) in [7, 11) is 0. The Kier molecular flexibility index (Phi) is 3.38. The number of hydrogen-bond donors (Lipinski definition) is 1. The molecule has 1 N–H and O–H groups in total. The zero-order valence-corrected chi connectivity index (χ0v) is 10.0. The number of β-amino-alcohol motifs (C(OH)–C–C–N with tert-alkyl or cyclic N) is 1. The third kappa shape index (κ3) is 2.32. The Labute approximate surface area is 104 Å². The third-order valence-electron chi connectivity index (χ3n) is 2.61. The molecule has 1 atom stereocenters. The number of likely N-dealkylation sites (tertiary alicyclic amines) is 1. The average molecular weight is 260 g/mol. The van der Waals surface area contributed by atoms with Crippen molar-refractivity contribution in [3.05, 3.63) is 33.8 Å². The lowest BCUT2D eigenvalue weighted by atomic mass is 10.2. The SMILES string of the molecule is O=C(c1cc(Cl)ccc1Cl)N1CC[C@H](O)C1. The fourth-order valence-corrected chi connectivity index (χ4v) is 2.13. The van der Waals surface area contributed by atoms with Gasteiger partial charge in [0.05, 0.1) is 16.7 Å². The van der Waals surface area contributed by atoms with Gasteiger partial charge in [-0.15, -0.1) is 0 Å². The molecule has 86 valence electrons. The van der Waals surface area contributed by atoms with Crippen molar-refractivity contribution in [2.75, 3.05) is 13.1 Å². The maximum Gasteiger partial charge on any atom is 0.255 e. The van der Waals surface area contributed by atoms with Crippen LogP contribution in [0.4, 0.5) is 0 Å². The van der Waals surface area contributed by atoms with Gasteiger partial charge in [-0.1, -0.05) is 23.2 Å². The molecule has 1 saturated heterocycles. The Bertz CT molecular complexity index is 422. The van der Waals surface area contributed by atoms with Crippen LogP contribution in [0.5, 0.6) is 0 Å². The number of amides is 1. The molecule has 0 saturated carbocycles. The topological polar surface area (TPSA) is 40.5 Å². The molecule has 1 aliphatic rings. The summed E-state index contributed by atoms with van der Waals surface area (Å²) in [6, 6.07) is 4.79. The Morgan fingerprint density at radius 1 is 1.44 bits per heavy atom. The molecule has 1 aromatic rings. The van der Waals surface area contributed by atoms with Crippen LogP contribution >= 0.6 is 23.2 Å². The molecule has 16 heavy (non-hydrogen) atoms. The van der Waals surface area contributed by atoms with E-state index in [0.29, 0.717) is 35.1 Å². The van der Waals surface area contributed by atoms with Gasteiger partial charge in [-0.2, -0.15) is 0 Å². The van der Waals surface area contributed by atoms with Crippen molar-refractivity contribution < 1.29 is 9.90 Å². The summed E-state index contributed by atoms with van der Waals surface area (Å²) in [5.41, 5.74) is 0.392. The van der Waals surface area contributed by atoms with Gasteiger partial charge in [-0.3, -0.25) is 4.79 Å². The van der Waals surface area contributed by atoms with Gasteiger partial charge in [-0.05, 0) is 24.6 Å². The number of benzene rings is 1. The molecule has 3 nitrogen and oxygen atoms in total. The highest BCUT2D eigenvalue weighted by Crippen LogP contribution is 2.23. The molecule has 1 heterocycles. The Balaban J connectivity index is 2.23. The van der Waals surface area contributed by atoms with Crippen LogP contribution in [0.1, 0.15) is 16.8 Å². The maximum absolute atomic E-state index is 12.0. The fraction of sp³-hybridized carbons (Fsp3) is 0.364. The fourth-order valence-electron chi connectivity index (χ4n) is 1.76. The molecule has 0 bridgehead atoms. The number of carbonyl (C=O) groups is 1. The lowest BCUT2D eigenvalue weighted by molar-refractivity contribution is 0.0765. The van der Waals surface area contributed by atoms with E-state index in [2.05, 4.69) is 0 Å². The number of rotatable bonds is 1. The van der Waals surface area contributed by atoms with Crippen LogP contribution in [0.2, 0.25) is 10.0 Å². The lowest BCUT2D eigenvalue weighted by Gasteiger charge is -2.16. The Morgan fingerprint density at radius 2 is 2.19 bits per heavy atom. The monoisotopic (exact) mass is 259 g/mol. The Hall–Kier alpha value is -0.770. The first-order valence-corrected chi connectivity index (χ1v) is 5.76. The molecule has 1 amide bonds. The van der Waals surface area contributed by atoms with Crippen molar-refractivity contribution in [2.24, 2.45) is 0 Å². The van der Waals surface area contributed by atoms with Crippen LogP contribution in [-0.2, 0) is 0 Å². The molecule has 0 unspecified atom stereocenters. The lowest BCUT2D eigenvalue weighted by Crippen LogP contribution is -2.29. The Morgan fingerprint density at radius 3 is 2.81 bits per heavy atom. The smallest absolute Gasteiger partial charge is 0.255 e. The van der Waals surface area contributed by atoms with E-state index in [0.717, 1.165) is 0 Å². The van der Waals surface area contributed by atoms with Gasteiger partial charge in [0.25, 0.3) is 5.91 Å². The van der Waals surface area contributed by atoms with Gasteiger partial charge < -0.3 is 10.0 Å². The summed E-state index contributed by atoms with van der Waals surface area (Å²) in [6.07, 6.45) is 0.186. The van der Waals surface area contributed by atoms with Crippen LogP contribution in [0.15, 0.2) is 18.2 Å². The summed E-state index contributed by atoms with van der Waals surface area (Å²) >= 11 is 11.8. The van der Waals surface area contributed by atoms with Gasteiger partial charge in [0.1, 0.15) is 0 Å². The van der Waals surface area contributed by atoms with Crippen LogP contribution in [0, 0.1) is 0 Å². The first-order chi connectivity index (χ1) is 7.58. The minimum atomic E-state index is -0.429. The van der Waals surface area contributed by atoms with E-state index in [9.17, 15) is 9.90 Å². The van der Waals surface area contributed by atoms with Crippen molar-refractivity contribution in [2.45, 2.75) is 12.5 Å². The zero-order valence-electron chi connectivity index (χ0n) is 8.49. The van der Waals surface area contributed by atoms with E-state index in [1.54, 1.807) is 23.1 Å². The maximum atomic E-state index is 12.0. The van der Waals surface area contributed by atoms with E-state index in [-0.39, 0.29) is 5.91 Å². The quantitative estimate of drug-likeness (QED) is 0.840. The second kappa shape index (κ2) is 4.62. The van der Waals surface area contributed by atoms with Crippen LogP contribution in [0.25, 0.3) is 0 Å². The summed E-state index contributed by atoms with van der Waals surface area (Å²) in [4.78, 5) is 13.6. The zero-order chi connectivity index (χ0) is 11.7. The molecule has 0 aliphatic carbocycles. The highest BCUT2D eigenvalue weighted by Gasteiger charge is 2.26. The number of hydrogen-bond acceptors (Lipinski definition) is 2. The van der Waals surface area contributed by atoms with E-state index in [1.807, 2.05) is 0 Å². The van der Waals surface area contributed by atoms with Crippen molar-refractivity contribution in [1.82, 2.24) is 4.90 Å². The van der Waals surface area contributed by atoms with Gasteiger partial charge in [0.15, 0.2) is 0 Å².